The summed E-state index contributed by atoms with van der Waals surface area (Å²) in [5.41, 5.74) is 0. The van der Waals surface area contributed by atoms with Crippen molar-refractivity contribution in [3.8, 4) is 0 Å². The summed E-state index contributed by atoms with van der Waals surface area (Å²) >= 11 is 5.77. The number of nitrogens with zero attached hydrogens (tertiary/aromatic N) is 4. The van der Waals surface area contributed by atoms with Gasteiger partial charge in [0.1, 0.15) is 0 Å². The zero-order chi connectivity index (χ0) is 15.0. The monoisotopic (exact) mass is 310 g/mol. The molecule has 2 fully saturated rings. The molecule has 2 aliphatic heterocycles. The van der Waals surface area contributed by atoms with Crippen molar-refractivity contribution < 1.29 is 9.90 Å². The number of hydrogen-bond donors (Lipinski definition) is 1. The number of anilines is 1. The van der Waals surface area contributed by atoms with Crippen molar-refractivity contribution in [3.63, 3.8) is 0 Å². The van der Waals surface area contributed by atoms with Crippen molar-refractivity contribution in [3.05, 3.63) is 17.3 Å². The van der Waals surface area contributed by atoms with E-state index in [2.05, 4.69) is 15.1 Å². The van der Waals surface area contributed by atoms with Crippen molar-refractivity contribution >= 4 is 23.5 Å². The van der Waals surface area contributed by atoms with E-state index in [4.69, 9.17) is 11.6 Å². The molecule has 0 radical (unpaired) electrons. The van der Waals surface area contributed by atoms with Crippen molar-refractivity contribution in [1.82, 2.24) is 15.1 Å². The van der Waals surface area contributed by atoms with Crippen LogP contribution in [-0.2, 0) is 0 Å². The van der Waals surface area contributed by atoms with Crippen LogP contribution in [0.5, 0.6) is 0 Å². The lowest BCUT2D eigenvalue weighted by atomic mass is 9.81. The molecular formula is C14H19ClN4O2. The summed E-state index contributed by atoms with van der Waals surface area (Å²) in [7, 11) is 1.99. The molecular weight excluding hydrogens is 292 g/mol. The second-order valence-electron chi connectivity index (χ2n) is 5.88. The minimum Gasteiger partial charge on any atom is -0.465 e. The molecule has 0 aromatic carbocycles. The molecule has 1 amide bonds. The summed E-state index contributed by atoms with van der Waals surface area (Å²) < 4.78 is 0. The third-order valence-corrected chi connectivity index (χ3v) is 4.90. The molecule has 3 heterocycles. The molecule has 21 heavy (non-hydrogen) atoms. The van der Waals surface area contributed by atoms with Crippen LogP contribution in [0, 0.1) is 0 Å². The molecule has 6 nitrogen and oxygen atoms in total. The number of amides is 1. The van der Waals surface area contributed by atoms with Gasteiger partial charge >= 0.3 is 6.09 Å². The van der Waals surface area contributed by atoms with Gasteiger partial charge in [0, 0.05) is 25.2 Å². The molecule has 1 N–H and O–H groups in total. The van der Waals surface area contributed by atoms with Gasteiger partial charge in [-0.1, -0.05) is 11.6 Å². The van der Waals surface area contributed by atoms with Gasteiger partial charge in [0.15, 0.2) is 11.0 Å². The van der Waals surface area contributed by atoms with E-state index in [1.807, 2.05) is 13.1 Å². The second kappa shape index (κ2) is 5.67. The molecule has 2 bridgehead atoms. The van der Waals surface area contributed by atoms with Crippen LogP contribution in [0.25, 0.3) is 0 Å². The maximum atomic E-state index is 11.4. The van der Waals surface area contributed by atoms with Crippen LogP contribution in [0.3, 0.4) is 0 Å². The van der Waals surface area contributed by atoms with E-state index in [0.29, 0.717) is 11.2 Å². The van der Waals surface area contributed by atoms with Crippen molar-refractivity contribution in [2.45, 2.75) is 50.2 Å². The highest BCUT2D eigenvalue weighted by Crippen LogP contribution is 2.36. The summed E-state index contributed by atoms with van der Waals surface area (Å²) in [5, 5.41) is 17.8. The summed E-state index contributed by atoms with van der Waals surface area (Å²) in [6.07, 6.45) is 3.96. The minimum absolute atomic E-state index is 0.128. The van der Waals surface area contributed by atoms with Crippen LogP contribution in [0.4, 0.5) is 10.6 Å². The maximum absolute atomic E-state index is 11.4. The Hall–Kier alpha value is -1.56. The highest BCUT2D eigenvalue weighted by atomic mass is 35.5. The first kappa shape index (κ1) is 14.4. The van der Waals surface area contributed by atoms with Gasteiger partial charge in [-0.25, -0.2) is 4.79 Å². The van der Waals surface area contributed by atoms with E-state index < -0.39 is 6.09 Å². The summed E-state index contributed by atoms with van der Waals surface area (Å²) in [6, 6.07) is 4.14. The number of hydrogen-bond acceptors (Lipinski definition) is 4. The zero-order valence-electron chi connectivity index (χ0n) is 11.9. The van der Waals surface area contributed by atoms with Gasteiger partial charge < -0.3 is 14.9 Å². The quantitative estimate of drug-likeness (QED) is 0.909. The average Bonchev–Trinajstić information content (AvgIpc) is 2.45. The Morgan fingerprint density at radius 1 is 1.33 bits per heavy atom. The van der Waals surface area contributed by atoms with Crippen molar-refractivity contribution in [2.75, 3.05) is 11.9 Å². The fraction of sp³-hybridized carbons (Fsp3) is 0.643. The second-order valence-corrected chi connectivity index (χ2v) is 6.27. The molecule has 2 atom stereocenters. The first-order chi connectivity index (χ1) is 10.1. The van der Waals surface area contributed by atoms with Gasteiger partial charge in [0.2, 0.25) is 0 Å². The number of piperidine rings is 2. The lowest BCUT2D eigenvalue weighted by Gasteiger charge is -2.49. The number of aromatic nitrogens is 2. The van der Waals surface area contributed by atoms with E-state index in [1.54, 1.807) is 11.0 Å². The molecule has 1 aromatic rings. The molecule has 0 spiro atoms. The molecule has 2 saturated heterocycles. The van der Waals surface area contributed by atoms with Gasteiger partial charge in [-0.3, -0.25) is 0 Å². The minimum atomic E-state index is -0.780. The fourth-order valence-corrected chi connectivity index (χ4v) is 3.77. The summed E-state index contributed by atoms with van der Waals surface area (Å²) in [6.45, 7) is 0. The number of fused-ring (bicyclic) bond motifs is 2. The highest BCUT2D eigenvalue weighted by Gasteiger charge is 2.42. The molecule has 7 heteroatoms. The number of carbonyl (C=O) groups is 1. The van der Waals surface area contributed by atoms with Crippen LogP contribution in [0.15, 0.2) is 12.1 Å². The van der Waals surface area contributed by atoms with Crippen LogP contribution < -0.4 is 4.90 Å². The van der Waals surface area contributed by atoms with Gasteiger partial charge in [0.05, 0.1) is 0 Å². The number of carboxylic acid groups (broad SMARTS) is 1. The number of halogens is 1. The van der Waals surface area contributed by atoms with Crippen molar-refractivity contribution in [1.29, 1.82) is 0 Å². The summed E-state index contributed by atoms with van der Waals surface area (Å²) in [5.74, 6) is 0.784. The summed E-state index contributed by atoms with van der Waals surface area (Å²) in [4.78, 5) is 15.2. The Labute approximate surface area is 128 Å². The Kier molecular flexibility index (Phi) is 3.89. The first-order valence-corrected chi connectivity index (χ1v) is 7.67. The Morgan fingerprint density at radius 3 is 2.52 bits per heavy atom. The molecule has 1 aromatic heterocycles. The molecule has 3 rings (SSSR count). The SMILES string of the molecule is CN(c1ccc(Cl)nn1)C1CC2CCCC(C1)N2C(=O)O. The number of rotatable bonds is 2. The van der Waals surface area contributed by atoms with Crippen LogP contribution >= 0.6 is 11.6 Å². The molecule has 0 saturated carbocycles. The van der Waals surface area contributed by atoms with Crippen LogP contribution in [-0.4, -0.2) is 51.5 Å². The van der Waals surface area contributed by atoms with E-state index in [1.165, 1.54) is 0 Å². The molecule has 2 aliphatic rings. The standard InChI is InChI=1S/C14H19ClN4O2/c1-18(13-6-5-12(15)16-17-13)11-7-9-3-2-4-10(8-11)19(9)14(20)21/h5-6,9-11H,2-4,7-8H2,1H3,(H,20,21). The third kappa shape index (κ3) is 2.77. The largest absolute Gasteiger partial charge is 0.465 e. The van der Waals surface area contributed by atoms with Gasteiger partial charge in [0.25, 0.3) is 0 Å². The maximum Gasteiger partial charge on any atom is 0.407 e. The highest BCUT2D eigenvalue weighted by molar-refractivity contribution is 6.29. The van der Waals surface area contributed by atoms with Gasteiger partial charge in [-0.2, -0.15) is 0 Å². The topological polar surface area (TPSA) is 69.6 Å². The van der Waals surface area contributed by atoms with E-state index in [-0.39, 0.29) is 12.1 Å². The Bertz CT molecular complexity index is 510. The smallest absolute Gasteiger partial charge is 0.407 e. The van der Waals surface area contributed by atoms with E-state index in [0.717, 1.165) is 37.9 Å². The predicted octanol–water partition coefficient (Wildman–Crippen LogP) is 2.63. The zero-order valence-corrected chi connectivity index (χ0v) is 12.7. The van der Waals surface area contributed by atoms with E-state index in [9.17, 15) is 9.90 Å². The lowest BCUT2D eigenvalue weighted by Crippen LogP contribution is -2.58. The normalized spacial score (nSPS) is 28.3. The third-order valence-electron chi connectivity index (χ3n) is 4.70. The predicted molar refractivity (Wildman–Crippen MR) is 79.8 cm³/mol. The average molecular weight is 311 g/mol. The fourth-order valence-electron chi connectivity index (χ4n) is 3.67. The van der Waals surface area contributed by atoms with E-state index >= 15 is 0 Å². The van der Waals surface area contributed by atoms with Crippen LogP contribution in [0.1, 0.15) is 32.1 Å². The first-order valence-electron chi connectivity index (χ1n) is 7.29. The van der Waals surface area contributed by atoms with Gasteiger partial charge in [-0.15, -0.1) is 10.2 Å². The lowest BCUT2D eigenvalue weighted by molar-refractivity contribution is 0.0352. The Balaban J connectivity index is 1.76. The Morgan fingerprint density at radius 2 is 2.00 bits per heavy atom. The molecule has 0 aliphatic carbocycles. The van der Waals surface area contributed by atoms with Crippen molar-refractivity contribution in [2.24, 2.45) is 0 Å². The molecule has 2 unspecified atom stereocenters. The van der Waals surface area contributed by atoms with Crippen LogP contribution in [0.2, 0.25) is 5.15 Å². The molecule has 114 valence electrons. The van der Waals surface area contributed by atoms with Gasteiger partial charge in [-0.05, 0) is 44.2 Å².